The number of nitrogens with zero attached hydrogens (tertiary/aromatic N) is 1. The highest BCUT2D eigenvalue weighted by molar-refractivity contribution is 5.57. The molecule has 3 heteroatoms. The van der Waals surface area contributed by atoms with Gasteiger partial charge in [-0.1, -0.05) is 26.0 Å². The molecular formula is C15H24N2O. The molecule has 3 nitrogen and oxygen atoms in total. The fraction of sp³-hybridized carbons (Fsp3) is 0.600. The number of hydrogen-bond acceptors (Lipinski definition) is 3. The van der Waals surface area contributed by atoms with Gasteiger partial charge in [-0.3, -0.25) is 4.90 Å². The number of hydrogen-bond donors (Lipinski definition) is 1. The van der Waals surface area contributed by atoms with Gasteiger partial charge in [0.1, 0.15) is 11.9 Å². The minimum absolute atomic E-state index is 0.244. The zero-order chi connectivity index (χ0) is 13.0. The normalized spacial score (nSPS) is 19.9. The van der Waals surface area contributed by atoms with E-state index >= 15 is 0 Å². The quantitative estimate of drug-likeness (QED) is 0.867. The van der Waals surface area contributed by atoms with Crippen molar-refractivity contribution in [2.45, 2.75) is 39.3 Å². The molecule has 0 spiro atoms. The van der Waals surface area contributed by atoms with Gasteiger partial charge in [-0.15, -0.1) is 0 Å². The molecule has 2 atom stereocenters. The van der Waals surface area contributed by atoms with Gasteiger partial charge in [-0.05, 0) is 32.0 Å². The summed E-state index contributed by atoms with van der Waals surface area (Å²) in [6, 6.07) is 8.78. The van der Waals surface area contributed by atoms with Gasteiger partial charge >= 0.3 is 0 Å². The van der Waals surface area contributed by atoms with Crippen LogP contribution in [0, 0.1) is 0 Å². The van der Waals surface area contributed by atoms with Gasteiger partial charge in [0.05, 0.1) is 12.2 Å². The van der Waals surface area contributed by atoms with E-state index in [1.807, 2.05) is 18.2 Å². The van der Waals surface area contributed by atoms with Crippen molar-refractivity contribution in [3.8, 4) is 5.75 Å². The molecule has 0 saturated heterocycles. The van der Waals surface area contributed by atoms with Crippen molar-refractivity contribution in [3.63, 3.8) is 0 Å². The predicted molar refractivity (Wildman–Crippen MR) is 76.3 cm³/mol. The summed E-state index contributed by atoms with van der Waals surface area (Å²) in [5.74, 6) is 0.981. The van der Waals surface area contributed by atoms with Crippen molar-refractivity contribution in [1.29, 1.82) is 0 Å². The molecule has 2 unspecified atom stereocenters. The molecule has 0 saturated carbocycles. The number of para-hydroxylation sites is 2. The second-order valence-electron chi connectivity index (χ2n) is 4.96. The first-order valence-electron chi connectivity index (χ1n) is 6.98. The van der Waals surface area contributed by atoms with Crippen molar-refractivity contribution in [2.75, 3.05) is 25.0 Å². The Morgan fingerprint density at radius 1 is 1.39 bits per heavy atom. The third-order valence-electron chi connectivity index (χ3n) is 3.76. The molecule has 1 heterocycles. The first-order valence-corrected chi connectivity index (χ1v) is 6.98. The standard InChI is InChI=1S/C15H24N2O/c1-4-12(3)17(5-2)11-13-10-16-14-8-6-7-9-15(14)18-13/h6-9,12-13,16H,4-5,10-11H2,1-3H3. The molecule has 0 radical (unpaired) electrons. The molecule has 0 aromatic heterocycles. The van der Waals surface area contributed by atoms with Crippen molar-refractivity contribution >= 4 is 5.69 Å². The highest BCUT2D eigenvalue weighted by atomic mass is 16.5. The van der Waals surface area contributed by atoms with Crippen LogP contribution in [0.3, 0.4) is 0 Å². The largest absolute Gasteiger partial charge is 0.485 e. The zero-order valence-electron chi connectivity index (χ0n) is 11.6. The van der Waals surface area contributed by atoms with Crippen LogP contribution in [0.25, 0.3) is 0 Å². The lowest BCUT2D eigenvalue weighted by atomic mass is 10.1. The Morgan fingerprint density at radius 3 is 2.89 bits per heavy atom. The van der Waals surface area contributed by atoms with Gasteiger partial charge in [0, 0.05) is 12.6 Å². The van der Waals surface area contributed by atoms with Crippen LogP contribution in [0.1, 0.15) is 27.2 Å². The summed E-state index contributed by atoms with van der Waals surface area (Å²) < 4.78 is 6.05. The summed E-state index contributed by atoms with van der Waals surface area (Å²) in [6.07, 6.45) is 1.43. The Hall–Kier alpha value is -1.22. The summed E-state index contributed by atoms with van der Waals surface area (Å²) >= 11 is 0. The maximum absolute atomic E-state index is 6.05. The Kier molecular flexibility index (Phi) is 4.48. The molecule has 1 aliphatic heterocycles. The van der Waals surface area contributed by atoms with E-state index in [2.05, 4.69) is 37.1 Å². The van der Waals surface area contributed by atoms with Crippen LogP contribution < -0.4 is 10.1 Å². The van der Waals surface area contributed by atoms with E-state index in [9.17, 15) is 0 Å². The number of nitrogens with one attached hydrogen (secondary N) is 1. The van der Waals surface area contributed by atoms with Gasteiger partial charge in [0.25, 0.3) is 0 Å². The first-order chi connectivity index (χ1) is 8.74. The Morgan fingerprint density at radius 2 is 2.17 bits per heavy atom. The molecule has 1 aliphatic rings. The molecule has 0 bridgehead atoms. The second kappa shape index (κ2) is 6.10. The predicted octanol–water partition coefficient (Wildman–Crippen LogP) is 2.98. The summed E-state index contributed by atoms with van der Waals surface area (Å²) in [7, 11) is 0. The number of benzene rings is 1. The minimum atomic E-state index is 0.244. The Bertz CT molecular complexity index is 381. The Labute approximate surface area is 110 Å². The van der Waals surface area contributed by atoms with Crippen LogP contribution in [0.5, 0.6) is 5.75 Å². The summed E-state index contributed by atoms with van der Waals surface area (Å²) in [6.45, 7) is 9.71. The monoisotopic (exact) mass is 248 g/mol. The van der Waals surface area contributed by atoms with Crippen LogP contribution in [-0.2, 0) is 0 Å². The van der Waals surface area contributed by atoms with E-state index in [1.165, 1.54) is 6.42 Å². The molecule has 0 amide bonds. The zero-order valence-corrected chi connectivity index (χ0v) is 11.6. The van der Waals surface area contributed by atoms with Crippen molar-refractivity contribution in [3.05, 3.63) is 24.3 Å². The lowest BCUT2D eigenvalue weighted by Crippen LogP contribution is -2.44. The summed E-state index contributed by atoms with van der Waals surface area (Å²) in [4.78, 5) is 2.49. The number of likely N-dealkylation sites (N-methyl/N-ethyl adjacent to an activating group) is 1. The summed E-state index contributed by atoms with van der Waals surface area (Å²) in [5.41, 5.74) is 1.11. The average molecular weight is 248 g/mol. The highest BCUT2D eigenvalue weighted by Crippen LogP contribution is 2.28. The molecule has 0 fully saturated rings. The highest BCUT2D eigenvalue weighted by Gasteiger charge is 2.22. The van der Waals surface area contributed by atoms with E-state index in [1.54, 1.807) is 0 Å². The van der Waals surface area contributed by atoms with Gasteiger partial charge in [0.15, 0.2) is 0 Å². The average Bonchev–Trinajstić information content (AvgIpc) is 2.43. The molecule has 0 aliphatic carbocycles. The van der Waals surface area contributed by atoms with Gasteiger partial charge in [-0.2, -0.15) is 0 Å². The van der Waals surface area contributed by atoms with E-state index in [4.69, 9.17) is 4.74 Å². The minimum Gasteiger partial charge on any atom is -0.485 e. The SMILES string of the molecule is CCC(C)N(CC)CC1CNc2ccccc2O1. The molecule has 1 aromatic carbocycles. The van der Waals surface area contributed by atoms with Crippen LogP contribution >= 0.6 is 0 Å². The van der Waals surface area contributed by atoms with E-state index in [0.29, 0.717) is 6.04 Å². The molecule has 18 heavy (non-hydrogen) atoms. The van der Waals surface area contributed by atoms with Crippen LogP contribution in [0.2, 0.25) is 0 Å². The van der Waals surface area contributed by atoms with Crippen LogP contribution in [0.15, 0.2) is 24.3 Å². The van der Waals surface area contributed by atoms with Gasteiger partial charge in [0.2, 0.25) is 0 Å². The van der Waals surface area contributed by atoms with E-state index in [-0.39, 0.29) is 6.10 Å². The van der Waals surface area contributed by atoms with Crippen LogP contribution in [0.4, 0.5) is 5.69 Å². The van der Waals surface area contributed by atoms with Crippen molar-refractivity contribution in [1.82, 2.24) is 4.90 Å². The van der Waals surface area contributed by atoms with E-state index < -0.39 is 0 Å². The van der Waals surface area contributed by atoms with Crippen LogP contribution in [-0.4, -0.2) is 36.7 Å². The van der Waals surface area contributed by atoms with Crippen molar-refractivity contribution in [2.24, 2.45) is 0 Å². The smallest absolute Gasteiger partial charge is 0.142 e. The fourth-order valence-electron chi connectivity index (χ4n) is 2.40. The Balaban J connectivity index is 1.96. The first kappa shape index (κ1) is 13.2. The number of anilines is 1. The number of rotatable bonds is 5. The molecular weight excluding hydrogens is 224 g/mol. The van der Waals surface area contributed by atoms with Crippen molar-refractivity contribution < 1.29 is 4.74 Å². The number of fused-ring (bicyclic) bond motifs is 1. The maximum atomic E-state index is 6.05. The third kappa shape index (κ3) is 2.96. The lowest BCUT2D eigenvalue weighted by Gasteiger charge is -2.34. The lowest BCUT2D eigenvalue weighted by molar-refractivity contribution is 0.113. The number of ether oxygens (including phenoxy) is 1. The second-order valence-corrected chi connectivity index (χ2v) is 4.96. The molecule has 1 aromatic rings. The van der Waals surface area contributed by atoms with Gasteiger partial charge in [-0.25, -0.2) is 0 Å². The van der Waals surface area contributed by atoms with Gasteiger partial charge < -0.3 is 10.1 Å². The van der Waals surface area contributed by atoms with E-state index in [0.717, 1.165) is 31.1 Å². The molecule has 1 N–H and O–H groups in total. The third-order valence-corrected chi connectivity index (χ3v) is 3.76. The topological polar surface area (TPSA) is 24.5 Å². The fourth-order valence-corrected chi connectivity index (χ4v) is 2.40. The molecule has 2 rings (SSSR count). The summed E-state index contributed by atoms with van der Waals surface area (Å²) in [5, 5.41) is 3.45. The molecule has 100 valence electrons. The maximum Gasteiger partial charge on any atom is 0.142 e.